The molecular weight excluding hydrogens is 240 g/mol. The maximum absolute atomic E-state index is 11.4. The lowest BCUT2D eigenvalue weighted by Gasteiger charge is -2.13. The van der Waals surface area contributed by atoms with Crippen molar-refractivity contribution in [1.82, 2.24) is 20.8 Å². The van der Waals surface area contributed by atoms with Crippen LogP contribution in [-0.4, -0.2) is 45.1 Å². The number of nitrogens with one attached hydrogen (secondary N) is 3. The molecular formula is C10H16N4O4. The van der Waals surface area contributed by atoms with Gasteiger partial charge in [0.25, 0.3) is 0 Å². The van der Waals surface area contributed by atoms with Gasteiger partial charge in [0, 0.05) is 30.8 Å². The number of aliphatic carboxylic acids is 1. The third-order valence-corrected chi connectivity index (χ3v) is 2.39. The van der Waals surface area contributed by atoms with E-state index in [9.17, 15) is 9.59 Å². The van der Waals surface area contributed by atoms with E-state index in [0.717, 1.165) is 11.3 Å². The Morgan fingerprint density at radius 1 is 1.56 bits per heavy atom. The van der Waals surface area contributed by atoms with Gasteiger partial charge in [-0.2, -0.15) is 5.10 Å². The number of carbonyl (C=O) groups is 2. The van der Waals surface area contributed by atoms with Crippen LogP contribution in [0.25, 0.3) is 0 Å². The second-order valence-electron chi connectivity index (χ2n) is 3.75. The summed E-state index contributed by atoms with van der Waals surface area (Å²) < 4.78 is 0. The zero-order valence-corrected chi connectivity index (χ0v) is 9.93. The molecule has 8 heteroatoms. The summed E-state index contributed by atoms with van der Waals surface area (Å²) in [6, 6.07) is -1.70. The fourth-order valence-electron chi connectivity index (χ4n) is 1.33. The number of hydrogen-bond donors (Lipinski definition) is 5. The van der Waals surface area contributed by atoms with E-state index in [2.05, 4.69) is 20.8 Å². The first-order valence-corrected chi connectivity index (χ1v) is 5.41. The number of nitrogens with zero attached hydrogens (tertiary/aromatic N) is 1. The fourth-order valence-corrected chi connectivity index (χ4v) is 1.33. The van der Waals surface area contributed by atoms with Gasteiger partial charge in [0.1, 0.15) is 6.04 Å². The van der Waals surface area contributed by atoms with Gasteiger partial charge in [-0.15, -0.1) is 0 Å². The fraction of sp³-hybridized carbons (Fsp3) is 0.500. The van der Waals surface area contributed by atoms with Gasteiger partial charge in [-0.1, -0.05) is 0 Å². The first kappa shape index (κ1) is 14.0. The van der Waals surface area contributed by atoms with Gasteiger partial charge >= 0.3 is 12.0 Å². The number of aromatic amines is 1. The Bertz CT molecular complexity index is 418. The zero-order valence-electron chi connectivity index (χ0n) is 9.93. The summed E-state index contributed by atoms with van der Waals surface area (Å²) in [5.41, 5.74) is 1.65. The van der Waals surface area contributed by atoms with Crippen molar-refractivity contribution in [2.24, 2.45) is 0 Å². The Labute approximate surface area is 103 Å². The molecule has 8 nitrogen and oxygen atoms in total. The molecule has 1 aromatic heterocycles. The molecule has 0 spiro atoms. The van der Waals surface area contributed by atoms with Crippen molar-refractivity contribution < 1.29 is 19.8 Å². The molecule has 2 amide bonds. The maximum atomic E-state index is 11.4. The van der Waals surface area contributed by atoms with E-state index >= 15 is 0 Å². The third-order valence-electron chi connectivity index (χ3n) is 2.39. The number of rotatable bonds is 6. The minimum atomic E-state index is -1.18. The lowest BCUT2D eigenvalue weighted by atomic mass is 10.2. The summed E-state index contributed by atoms with van der Waals surface area (Å²) in [7, 11) is 0. The summed E-state index contributed by atoms with van der Waals surface area (Å²) in [6.07, 6.45) is 1.55. The van der Waals surface area contributed by atoms with Crippen LogP contribution >= 0.6 is 0 Å². The maximum Gasteiger partial charge on any atom is 0.326 e. The van der Waals surface area contributed by atoms with Crippen LogP contribution in [0, 0.1) is 6.92 Å². The second kappa shape index (κ2) is 6.60. The molecule has 0 aliphatic heterocycles. The SMILES string of the molecule is Cc1[nH]ncc1CNC(=O)N[C@@H](CCO)C(=O)O. The minimum absolute atomic E-state index is 0.0342. The Balaban J connectivity index is 2.41. The van der Waals surface area contributed by atoms with E-state index in [0.29, 0.717) is 0 Å². The Morgan fingerprint density at radius 3 is 2.78 bits per heavy atom. The summed E-state index contributed by atoms with van der Waals surface area (Å²) in [4.78, 5) is 22.2. The van der Waals surface area contributed by atoms with Crippen LogP contribution < -0.4 is 10.6 Å². The highest BCUT2D eigenvalue weighted by atomic mass is 16.4. The van der Waals surface area contributed by atoms with Crippen molar-refractivity contribution in [2.45, 2.75) is 25.9 Å². The summed E-state index contributed by atoms with van der Waals surface area (Å²) in [5.74, 6) is -1.18. The largest absolute Gasteiger partial charge is 0.480 e. The van der Waals surface area contributed by atoms with Gasteiger partial charge in [-0.3, -0.25) is 5.10 Å². The molecule has 0 bridgehead atoms. The molecule has 1 heterocycles. The van der Waals surface area contributed by atoms with Gasteiger partial charge in [0.15, 0.2) is 0 Å². The molecule has 100 valence electrons. The number of H-pyrrole nitrogens is 1. The van der Waals surface area contributed by atoms with Crippen LogP contribution in [0.5, 0.6) is 0 Å². The number of aryl methyl sites for hydroxylation is 1. The van der Waals surface area contributed by atoms with E-state index in [1.807, 2.05) is 6.92 Å². The van der Waals surface area contributed by atoms with Crippen LogP contribution in [0.4, 0.5) is 4.79 Å². The molecule has 0 aromatic carbocycles. The molecule has 5 N–H and O–H groups in total. The predicted molar refractivity (Wildman–Crippen MR) is 61.8 cm³/mol. The summed E-state index contributed by atoms with van der Waals surface area (Å²) in [5, 5.41) is 28.7. The molecule has 0 aliphatic rings. The second-order valence-corrected chi connectivity index (χ2v) is 3.75. The first-order valence-electron chi connectivity index (χ1n) is 5.41. The molecule has 0 saturated carbocycles. The predicted octanol–water partition coefficient (Wildman–Crippen LogP) is -0.647. The number of carboxylic acids is 1. The quantitative estimate of drug-likeness (QED) is 0.462. The highest BCUT2D eigenvalue weighted by Crippen LogP contribution is 2.01. The monoisotopic (exact) mass is 256 g/mol. The standard InChI is InChI=1S/C10H16N4O4/c1-6-7(5-12-14-6)4-11-10(18)13-8(2-3-15)9(16)17/h5,8,15H,2-4H2,1H3,(H,12,14)(H,16,17)(H2,11,13,18)/t8-/m0/s1. The molecule has 0 radical (unpaired) electrons. The molecule has 1 rings (SSSR count). The van der Waals surface area contributed by atoms with Gasteiger partial charge in [0.05, 0.1) is 6.20 Å². The van der Waals surface area contributed by atoms with Crippen molar-refractivity contribution in [3.05, 3.63) is 17.5 Å². The van der Waals surface area contributed by atoms with Crippen molar-refractivity contribution in [3.63, 3.8) is 0 Å². The lowest BCUT2D eigenvalue weighted by Crippen LogP contribution is -2.46. The zero-order chi connectivity index (χ0) is 13.5. The van der Waals surface area contributed by atoms with Gasteiger partial charge < -0.3 is 20.8 Å². The Hall–Kier alpha value is -2.09. The first-order chi connectivity index (χ1) is 8.54. The molecule has 0 saturated heterocycles. The molecule has 18 heavy (non-hydrogen) atoms. The van der Waals surface area contributed by atoms with Crippen molar-refractivity contribution in [2.75, 3.05) is 6.61 Å². The average Bonchev–Trinajstić information content (AvgIpc) is 2.71. The van der Waals surface area contributed by atoms with Crippen LogP contribution in [0.1, 0.15) is 17.7 Å². The average molecular weight is 256 g/mol. The van der Waals surface area contributed by atoms with Gasteiger partial charge in [-0.05, 0) is 6.92 Å². The van der Waals surface area contributed by atoms with E-state index in [-0.39, 0.29) is 19.6 Å². The number of hydrogen-bond acceptors (Lipinski definition) is 4. The normalized spacial score (nSPS) is 11.9. The Kier molecular flexibility index (Phi) is 5.12. The number of carbonyl (C=O) groups excluding carboxylic acids is 1. The Morgan fingerprint density at radius 2 is 2.28 bits per heavy atom. The molecule has 0 aliphatic carbocycles. The smallest absolute Gasteiger partial charge is 0.326 e. The minimum Gasteiger partial charge on any atom is -0.480 e. The van der Waals surface area contributed by atoms with Crippen molar-refractivity contribution >= 4 is 12.0 Å². The van der Waals surface area contributed by atoms with E-state index in [4.69, 9.17) is 10.2 Å². The number of urea groups is 1. The van der Waals surface area contributed by atoms with Gasteiger partial charge in [-0.25, -0.2) is 9.59 Å². The van der Waals surface area contributed by atoms with E-state index in [1.165, 1.54) is 0 Å². The molecule has 0 unspecified atom stereocenters. The summed E-state index contributed by atoms with van der Waals surface area (Å²) in [6.45, 7) is 1.76. The van der Waals surface area contributed by atoms with Gasteiger partial charge in [0.2, 0.25) is 0 Å². The molecule has 1 aromatic rings. The van der Waals surface area contributed by atoms with Crippen LogP contribution in [-0.2, 0) is 11.3 Å². The van der Waals surface area contributed by atoms with Crippen LogP contribution in [0.15, 0.2) is 6.20 Å². The molecule has 1 atom stereocenters. The third kappa shape index (κ3) is 4.06. The van der Waals surface area contributed by atoms with Crippen molar-refractivity contribution in [1.29, 1.82) is 0 Å². The number of amides is 2. The topological polar surface area (TPSA) is 127 Å². The van der Waals surface area contributed by atoms with E-state index < -0.39 is 18.0 Å². The van der Waals surface area contributed by atoms with Crippen LogP contribution in [0.2, 0.25) is 0 Å². The van der Waals surface area contributed by atoms with E-state index in [1.54, 1.807) is 6.20 Å². The number of carboxylic acid groups (broad SMARTS) is 1. The highest BCUT2D eigenvalue weighted by Gasteiger charge is 2.18. The van der Waals surface area contributed by atoms with Crippen LogP contribution in [0.3, 0.4) is 0 Å². The molecule has 0 fully saturated rings. The number of aromatic nitrogens is 2. The lowest BCUT2D eigenvalue weighted by molar-refractivity contribution is -0.139. The highest BCUT2D eigenvalue weighted by molar-refractivity contribution is 5.82. The number of aliphatic hydroxyl groups is 1. The summed E-state index contributed by atoms with van der Waals surface area (Å²) >= 11 is 0. The van der Waals surface area contributed by atoms with Crippen molar-refractivity contribution in [3.8, 4) is 0 Å². The number of aliphatic hydroxyl groups excluding tert-OH is 1.